The first-order chi connectivity index (χ1) is 15.0. The zero-order chi connectivity index (χ0) is 21.4. The van der Waals surface area contributed by atoms with E-state index in [1.807, 2.05) is 35.1 Å². The van der Waals surface area contributed by atoms with Crippen molar-refractivity contribution < 1.29 is 14.6 Å². The van der Waals surface area contributed by atoms with E-state index < -0.39 is 5.60 Å². The van der Waals surface area contributed by atoms with Crippen molar-refractivity contribution in [1.29, 1.82) is 0 Å². The fourth-order valence-corrected chi connectivity index (χ4v) is 3.69. The quantitative estimate of drug-likeness (QED) is 0.588. The maximum atomic E-state index is 10.2. The lowest BCUT2D eigenvalue weighted by Gasteiger charge is -2.17. The first-order valence-electron chi connectivity index (χ1n) is 10.7. The number of anilines is 2. The van der Waals surface area contributed by atoms with E-state index >= 15 is 0 Å². The lowest BCUT2D eigenvalue weighted by atomic mass is 10.0. The topological polar surface area (TPSA) is 94.3 Å². The molecule has 2 aliphatic rings. The largest absolute Gasteiger partial charge is 0.454 e. The molecule has 8 nitrogen and oxygen atoms in total. The van der Waals surface area contributed by atoms with Crippen LogP contribution < -0.4 is 10.1 Å². The Morgan fingerprint density at radius 3 is 2.74 bits per heavy atom. The van der Waals surface area contributed by atoms with E-state index in [4.69, 9.17) is 14.6 Å². The summed E-state index contributed by atoms with van der Waals surface area (Å²) in [5.74, 6) is 2.38. The number of aliphatic hydroxyl groups is 1. The summed E-state index contributed by atoms with van der Waals surface area (Å²) in [6.07, 6.45) is 8.69. The van der Waals surface area contributed by atoms with Crippen LogP contribution >= 0.6 is 0 Å². The summed E-state index contributed by atoms with van der Waals surface area (Å²) in [5.41, 5.74) is 1.33. The number of aromatic nitrogens is 4. The van der Waals surface area contributed by atoms with Gasteiger partial charge in [0.05, 0.1) is 24.5 Å². The zero-order valence-corrected chi connectivity index (χ0v) is 17.8. The molecule has 0 bridgehead atoms. The lowest BCUT2D eigenvalue weighted by molar-refractivity contribution is 0.0739. The van der Waals surface area contributed by atoms with Gasteiger partial charge in [-0.05, 0) is 51.3 Å². The van der Waals surface area contributed by atoms with E-state index in [2.05, 4.69) is 15.3 Å². The highest BCUT2D eigenvalue weighted by atomic mass is 16.5. The molecule has 0 aromatic carbocycles. The second-order valence-electron chi connectivity index (χ2n) is 8.74. The average molecular weight is 422 g/mol. The molecule has 1 saturated carbocycles. The van der Waals surface area contributed by atoms with E-state index in [1.54, 1.807) is 26.2 Å². The third-order valence-electron chi connectivity index (χ3n) is 5.58. The summed E-state index contributed by atoms with van der Waals surface area (Å²) in [5, 5.41) is 18.3. The number of ether oxygens (including phenoxy) is 2. The fraction of sp³-hybridized carbons (Fsp3) is 0.435. The van der Waals surface area contributed by atoms with Gasteiger partial charge in [-0.1, -0.05) is 0 Å². The Hall–Kier alpha value is -2.97. The van der Waals surface area contributed by atoms with Crippen molar-refractivity contribution in [2.45, 2.75) is 50.7 Å². The van der Waals surface area contributed by atoms with E-state index in [1.165, 1.54) is 12.8 Å². The Balaban J connectivity index is 1.36. The molecule has 3 aromatic rings. The molecule has 0 radical (unpaired) electrons. The molecule has 31 heavy (non-hydrogen) atoms. The molecular weight excluding hydrogens is 394 g/mol. The van der Waals surface area contributed by atoms with Crippen molar-refractivity contribution in [3.63, 3.8) is 0 Å². The van der Waals surface area contributed by atoms with Gasteiger partial charge < -0.3 is 19.9 Å². The third-order valence-corrected chi connectivity index (χ3v) is 5.58. The van der Waals surface area contributed by atoms with Gasteiger partial charge >= 0.3 is 0 Å². The van der Waals surface area contributed by atoms with Gasteiger partial charge in [0.25, 0.3) is 0 Å². The van der Waals surface area contributed by atoms with Gasteiger partial charge in [0.2, 0.25) is 0 Å². The summed E-state index contributed by atoms with van der Waals surface area (Å²) in [4.78, 5) is 8.64. The van der Waals surface area contributed by atoms with E-state index in [0.29, 0.717) is 29.9 Å². The van der Waals surface area contributed by atoms with Gasteiger partial charge in [-0.15, -0.1) is 0 Å². The second kappa shape index (κ2) is 7.94. The smallest absolute Gasteiger partial charge is 0.168 e. The van der Waals surface area contributed by atoms with E-state index in [-0.39, 0.29) is 5.92 Å². The highest BCUT2D eigenvalue weighted by Gasteiger charge is 2.30. The van der Waals surface area contributed by atoms with Crippen LogP contribution in [0.2, 0.25) is 0 Å². The SMILES string of the molecule is CC(C)(O)c1cc(Nc2cc(Oc3cn(C4CC4)nc3C3CCOC3)ccn2)ccn1. The Bertz CT molecular complexity index is 1070. The number of pyridine rings is 2. The molecule has 1 atom stereocenters. The van der Waals surface area contributed by atoms with Crippen LogP contribution in [-0.2, 0) is 10.3 Å². The van der Waals surface area contributed by atoms with Crippen LogP contribution in [0.25, 0.3) is 0 Å². The first kappa shape index (κ1) is 20.0. The van der Waals surface area contributed by atoms with Crippen LogP contribution in [0.15, 0.2) is 42.9 Å². The van der Waals surface area contributed by atoms with Crippen molar-refractivity contribution in [2.75, 3.05) is 18.5 Å². The fourth-order valence-electron chi connectivity index (χ4n) is 3.69. The predicted molar refractivity (Wildman–Crippen MR) is 116 cm³/mol. The highest BCUT2D eigenvalue weighted by Crippen LogP contribution is 2.40. The normalized spacial score (nSPS) is 18.9. The van der Waals surface area contributed by atoms with E-state index in [9.17, 15) is 5.11 Å². The van der Waals surface area contributed by atoms with Gasteiger partial charge in [-0.25, -0.2) is 4.98 Å². The minimum Gasteiger partial charge on any atom is -0.454 e. The Labute approximate surface area is 181 Å². The molecule has 8 heteroatoms. The minimum atomic E-state index is -1.02. The molecule has 5 rings (SSSR count). The summed E-state index contributed by atoms with van der Waals surface area (Å²) in [6, 6.07) is 7.83. The van der Waals surface area contributed by atoms with Gasteiger partial charge in [0, 0.05) is 36.7 Å². The Morgan fingerprint density at radius 2 is 2.00 bits per heavy atom. The lowest BCUT2D eigenvalue weighted by Crippen LogP contribution is -2.17. The standard InChI is InChI=1S/C23H27N5O3/c1-23(2,29)20-11-16(5-8-24-20)26-21-12-18(6-9-25-21)31-19-13-28(17-3-4-17)27-22(19)15-7-10-30-14-15/h5-6,8-9,11-13,15,17,29H,3-4,7,10,14H2,1-2H3,(H,24,25,26). The van der Waals surface area contributed by atoms with Crippen LogP contribution in [0, 0.1) is 0 Å². The molecule has 1 unspecified atom stereocenters. The summed E-state index contributed by atoms with van der Waals surface area (Å²) >= 11 is 0. The van der Waals surface area contributed by atoms with E-state index in [0.717, 1.165) is 30.2 Å². The predicted octanol–water partition coefficient (Wildman–Crippen LogP) is 4.28. The highest BCUT2D eigenvalue weighted by molar-refractivity contribution is 5.58. The molecule has 0 spiro atoms. The number of rotatable bonds is 7. The van der Waals surface area contributed by atoms with Crippen molar-refractivity contribution >= 4 is 11.5 Å². The molecule has 3 aromatic heterocycles. The second-order valence-corrected chi connectivity index (χ2v) is 8.74. The molecule has 162 valence electrons. The van der Waals surface area contributed by atoms with Gasteiger partial charge in [0.15, 0.2) is 5.75 Å². The maximum Gasteiger partial charge on any atom is 0.168 e. The van der Waals surface area contributed by atoms with Crippen LogP contribution in [0.5, 0.6) is 11.5 Å². The summed E-state index contributed by atoms with van der Waals surface area (Å²) in [7, 11) is 0. The molecule has 2 N–H and O–H groups in total. The van der Waals surface area contributed by atoms with Crippen LogP contribution in [-0.4, -0.2) is 38.1 Å². The molecule has 1 saturated heterocycles. The van der Waals surface area contributed by atoms with Gasteiger partial charge in [-0.2, -0.15) is 5.10 Å². The zero-order valence-electron chi connectivity index (χ0n) is 17.8. The number of hydrogen-bond donors (Lipinski definition) is 2. The molecular formula is C23H27N5O3. The molecule has 1 aliphatic carbocycles. The van der Waals surface area contributed by atoms with Crippen molar-refractivity contribution in [3.8, 4) is 11.5 Å². The van der Waals surface area contributed by atoms with Gasteiger partial charge in [0.1, 0.15) is 22.9 Å². The van der Waals surface area contributed by atoms with Crippen LogP contribution in [0.4, 0.5) is 11.5 Å². The summed E-state index contributed by atoms with van der Waals surface area (Å²) in [6.45, 7) is 4.87. The molecule has 2 fully saturated rings. The third kappa shape index (κ3) is 4.55. The minimum absolute atomic E-state index is 0.270. The van der Waals surface area contributed by atoms with Crippen LogP contribution in [0.3, 0.4) is 0 Å². The van der Waals surface area contributed by atoms with Crippen molar-refractivity contribution in [1.82, 2.24) is 19.7 Å². The number of nitrogens with zero attached hydrogens (tertiary/aromatic N) is 4. The maximum absolute atomic E-state index is 10.2. The molecule has 1 aliphatic heterocycles. The number of nitrogens with one attached hydrogen (secondary N) is 1. The average Bonchev–Trinajstić information content (AvgIpc) is 3.28. The van der Waals surface area contributed by atoms with Crippen molar-refractivity contribution in [3.05, 3.63) is 54.2 Å². The van der Waals surface area contributed by atoms with Gasteiger partial charge in [-0.3, -0.25) is 9.67 Å². The number of hydrogen-bond acceptors (Lipinski definition) is 7. The Morgan fingerprint density at radius 1 is 1.16 bits per heavy atom. The van der Waals surface area contributed by atoms with Crippen LogP contribution in [0.1, 0.15) is 56.5 Å². The Kier molecular flexibility index (Phi) is 5.11. The molecule has 4 heterocycles. The molecule has 0 amide bonds. The first-order valence-corrected chi connectivity index (χ1v) is 10.7. The summed E-state index contributed by atoms with van der Waals surface area (Å²) < 4.78 is 13.9. The van der Waals surface area contributed by atoms with Crippen molar-refractivity contribution in [2.24, 2.45) is 0 Å². The monoisotopic (exact) mass is 421 g/mol.